The minimum absolute atomic E-state index is 0.218. The predicted octanol–water partition coefficient (Wildman–Crippen LogP) is 2.75. The van der Waals surface area contributed by atoms with Gasteiger partial charge in [-0.3, -0.25) is 4.79 Å². The van der Waals surface area contributed by atoms with Crippen LogP contribution in [0.2, 0.25) is 0 Å². The Labute approximate surface area is 113 Å². The zero-order valence-corrected chi connectivity index (χ0v) is 11.4. The van der Waals surface area contributed by atoms with E-state index >= 15 is 0 Å². The van der Waals surface area contributed by atoms with Crippen molar-refractivity contribution in [3.8, 4) is 0 Å². The lowest BCUT2D eigenvalue weighted by molar-refractivity contribution is -0.142. The van der Waals surface area contributed by atoms with E-state index in [-0.39, 0.29) is 18.4 Å². The molecule has 0 radical (unpaired) electrons. The van der Waals surface area contributed by atoms with Crippen molar-refractivity contribution in [2.75, 3.05) is 13.7 Å². The number of aryl methyl sites for hydroxylation is 1. The van der Waals surface area contributed by atoms with Crippen LogP contribution < -0.4 is 0 Å². The molecule has 19 heavy (non-hydrogen) atoms. The van der Waals surface area contributed by atoms with E-state index in [2.05, 4.69) is 4.74 Å². The molecule has 0 bridgehead atoms. The Hall–Kier alpha value is -2.10. The van der Waals surface area contributed by atoms with Crippen LogP contribution in [-0.4, -0.2) is 25.7 Å². The summed E-state index contributed by atoms with van der Waals surface area (Å²) in [5.41, 5.74) is 2.39. The molecule has 0 amide bonds. The van der Waals surface area contributed by atoms with E-state index in [0.29, 0.717) is 12.2 Å². The second-order valence-corrected chi connectivity index (χ2v) is 3.97. The van der Waals surface area contributed by atoms with Crippen molar-refractivity contribution in [3.05, 3.63) is 41.0 Å². The van der Waals surface area contributed by atoms with Crippen LogP contribution in [0.5, 0.6) is 0 Å². The van der Waals surface area contributed by atoms with Crippen LogP contribution in [0.25, 0.3) is 6.08 Å². The summed E-state index contributed by atoms with van der Waals surface area (Å²) >= 11 is 0. The molecule has 0 heterocycles. The molecule has 0 aliphatic rings. The topological polar surface area (TPSA) is 52.6 Å². The van der Waals surface area contributed by atoms with Gasteiger partial charge in [0, 0.05) is 0 Å². The Bertz CT molecular complexity index is 489. The number of benzene rings is 1. The van der Waals surface area contributed by atoms with Gasteiger partial charge in [-0.2, -0.15) is 0 Å². The molecule has 0 spiro atoms. The highest BCUT2D eigenvalue weighted by molar-refractivity contribution is 5.90. The highest BCUT2D eigenvalue weighted by Crippen LogP contribution is 2.14. The van der Waals surface area contributed by atoms with Gasteiger partial charge in [0.1, 0.15) is 0 Å². The fourth-order valence-electron chi connectivity index (χ4n) is 1.57. The summed E-state index contributed by atoms with van der Waals surface area (Å²) in [6, 6.07) is 5.29. The van der Waals surface area contributed by atoms with Gasteiger partial charge in [-0.1, -0.05) is 18.2 Å². The summed E-state index contributed by atoms with van der Waals surface area (Å²) < 4.78 is 9.49. The van der Waals surface area contributed by atoms with Crippen LogP contribution in [0, 0.1) is 6.92 Å². The quantitative estimate of drug-likeness (QED) is 0.766. The smallest absolute Gasteiger partial charge is 0.337 e. The highest BCUT2D eigenvalue weighted by atomic mass is 16.5. The molecule has 0 saturated heterocycles. The number of carbonyl (C=O) groups is 2. The van der Waals surface area contributed by atoms with Crippen molar-refractivity contribution in [3.63, 3.8) is 0 Å². The van der Waals surface area contributed by atoms with Crippen molar-refractivity contribution in [2.24, 2.45) is 0 Å². The zero-order valence-electron chi connectivity index (χ0n) is 11.4. The van der Waals surface area contributed by atoms with E-state index in [1.807, 2.05) is 13.0 Å². The molecule has 4 heteroatoms. The van der Waals surface area contributed by atoms with E-state index in [9.17, 15) is 9.59 Å². The number of rotatable bonds is 5. The summed E-state index contributed by atoms with van der Waals surface area (Å²) in [5.74, 6) is -0.638. The first-order valence-corrected chi connectivity index (χ1v) is 6.09. The Morgan fingerprint density at radius 1 is 1.32 bits per heavy atom. The standard InChI is InChI=1S/C15H18O4/c1-4-19-14(16)7-5-6-12-10-13(15(17)18-3)9-8-11(12)2/h5-6,8-10H,4,7H2,1-3H3. The summed E-state index contributed by atoms with van der Waals surface area (Å²) in [6.07, 6.45) is 3.75. The number of carbonyl (C=O) groups excluding carboxylic acids is 2. The SMILES string of the molecule is CCOC(=O)CC=Cc1cc(C(=O)OC)ccc1C. The van der Waals surface area contributed by atoms with Crippen LogP contribution in [0.1, 0.15) is 34.8 Å². The van der Waals surface area contributed by atoms with E-state index < -0.39 is 0 Å². The Morgan fingerprint density at radius 3 is 2.68 bits per heavy atom. The Kier molecular flexibility index (Phi) is 5.79. The summed E-state index contributed by atoms with van der Waals surface area (Å²) in [4.78, 5) is 22.6. The molecule has 0 aliphatic heterocycles. The van der Waals surface area contributed by atoms with Gasteiger partial charge in [-0.25, -0.2) is 4.79 Å². The molecule has 0 fully saturated rings. The predicted molar refractivity (Wildman–Crippen MR) is 72.8 cm³/mol. The number of methoxy groups -OCH3 is 1. The average molecular weight is 262 g/mol. The van der Waals surface area contributed by atoms with Crippen molar-refractivity contribution >= 4 is 18.0 Å². The third-order valence-corrected chi connectivity index (χ3v) is 2.59. The normalized spacial score (nSPS) is 10.5. The zero-order chi connectivity index (χ0) is 14.3. The number of ether oxygens (including phenoxy) is 2. The van der Waals surface area contributed by atoms with Crippen LogP contribution in [0.3, 0.4) is 0 Å². The van der Waals surface area contributed by atoms with Crippen molar-refractivity contribution in [2.45, 2.75) is 20.3 Å². The lowest BCUT2D eigenvalue weighted by Gasteiger charge is -2.04. The van der Waals surface area contributed by atoms with E-state index in [4.69, 9.17) is 4.74 Å². The van der Waals surface area contributed by atoms with Crippen molar-refractivity contribution < 1.29 is 19.1 Å². The lowest BCUT2D eigenvalue weighted by Crippen LogP contribution is -2.02. The second kappa shape index (κ2) is 7.36. The van der Waals surface area contributed by atoms with Gasteiger partial charge in [-0.05, 0) is 37.1 Å². The molecule has 0 aliphatic carbocycles. The molecule has 1 aromatic carbocycles. The summed E-state index contributed by atoms with van der Waals surface area (Å²) in [7, 11) is 1.35. The maximum absolute atomic E-state index is 11.4. The fraction of sp³-hybridized carbons (Fsp3) is 0.333. The highest BCUT2D eigenvalue weighted by Gasteiger charge is 2.06. The Morgan fingerprint density at radius 2 is 2.05 bits per heavy atom. The van der Waals surface area contributed by atoms with Crippen LogP contribution in [-0.2, 0) is 14.3 Å². The molecular formula is C15H18O4. The minimum atomic E-state index is -0.375. The minimum Gasteiger partial charge on any atom is -0.466 e. The molecule has 0 N–H and O–H groups in total. The van der Waals surface area contributed by atoms with E-state index in [0.717, 1.165) is 11.1 Å². The molecule has 102 valence electrons. The maximum atomic E-state index is 11.4. The van der Waals surface area contributed by atoms with Gasteiger partial charge in [0.25, 0.3) is 0 Å². The molecule has 0 aromatic heterocycles. The van der Waals surface area contributed by atoms with Crippen LogP contribution in [0.4, 0.5) is 0 Å². The monoisotopic (exact) mass is 262 g/mol. The van der Waals surface area contributed by atoms with Crippen molar-refractivity contribution in [1.29, 1.82) is 0 Å². The molecular weight excluding hydrogens is 244 g/mol. The fourth-order valence-corrected chi connectivity index (χ4v) is 1.57. The molecule has 4 nitrogen and oxygen atoms in total. The van der Waals surface area contributed by atoms with Crippen molar-refractivity contribution in [1.82, 2.24) is 0 Å². The van der Waals surface area contributed by atoms with E-state index in [1.165, 1.54) is 7.11 Å². The second-order valence-electron chi connectivity index (χ2n) is 3.97. The van der Waals surface area contributed by atoms with Gasteiger partial charge < -0.3 is 9.47 Å². The van der Waals surface area contributed by atoms with Gasteiger partial charge >= 0.3 is 11.9 Å². The molecule has 0 saturated carbocycles. The summed E-state index contributed by atoms with van der Waals surface area (Å²) in [6.45, 7) is 4.08. The molecule has 0 atom stereocenters. The number of esters is 2. The van der Waals surface area contributed by atoms with Crippen LogP contribution >= 0.6 is 0 Å². The number of hydrogen-bond acceptors (Lipinski definition) is 4. The van der Waals surface area contributed by atoms with Gasteiger partial charge in [0.05, 0.1) is 25.7 Å². The average Bonchev–Trinajstić information content (AvgIpc) is 2.40. The van der Waals surface area contributed by atoms with Crippen LogP contribution in [0.15, 0.2) is 24.3 Å². The third-order valence-electron chi connectivity index (χ3n) is 2.59. The third kappa shape index (κ3) is 4.58. The van der Waals surface area contributed by atoms with E-state index in [1.54, 1.807) is 31.2 Å². The Balaban J connectivity index is 2.79. The summed E-state index contributed by atoms with van der Waals surface area (Å²) in [5, 5.41) is 0. The first-order chi connectivity index (χ1) is 9.08. The van der Waals surface area contributed by atoms with Gasteiger partial charge in [0.2, 0.25) is 0 Å². The largest absolute Gasteiger partial charge is 0.466 e. The maximum Gasteiger partial charge on any atom is 0.337 e. The molecule has 0 unspecified atom stereocenters. The first-order valence-electron chi connectivity index (χ1n) is 6.09. The first kappa shape index (κ1) is 15.0. The van der Waals surface area contributed by atoms with Gasteiger partial charge in [-0.15, -0.1) is 0 Å². The lowest BCUT2D eigenvalue weighted by atomic mass is 10.0. The molecule has 1 aromatic rings. The van der Waals surface area contributed by atoms with Gasteiger partial charge in [0.15, 0.2) is 0 Å². The molecule has 1 rings (SSSR count). The number of hydrogen-bond donors (Lipinski definition) is 0.